The fourth-order valence-electron chi connectivity index (χ4n) is 3.28. The lowest BCUT2D eigenvalue weighted by Crippen LogP contribution is -2.38. The van der Waals surface area contributed by atoms with Crippen LogP contribution in [0, 0.1) is 16.7 Å². The molecule has 4 nitrogen and oxygen atoms in total. The Labute approximate surface area is 178 Å². The van der Waals surface area contributed by atoms with Gasteiger partial charge in [-0.05, 0) is 43.0 Å². The van der Waals surface area contributed by atoms with Crippen molar-refractivity contribution in [3.8, 4) is 17.3 Å². The van der Waals surface area contributed by atoms with Crippen LogP contribution in [0.15, 0.2) is 36.5 Å². The number of hydrogen-bond donors (Lipinski definition) is 0. The highest BCUT2D eigenvalue weighted by molar-refractivity contribution is 5.58. The van der Waals surface area contributed by atoms with E-state index >= 15 is 0 Å². The third-order valence-corrected chi connectivity index (χ3v) is 5.07. The van der Waals surface area contributed by atoms with Crippen LogP contribution >= 0.6 is 0 Å². The third-order valence-electron chi connectivity index (χ3n) is 5.07. The molecule has 2 aromatic rings. The molecule has 1 aromatic heterocycles. The molecule has 0 unspecified atom stereocenters. The fraction of sp³-hybridized carbons (Fsp3) is 0.565. The number of likely N-dealkylation sites (tertiary alicyclic amines) is 1. The number of nitrogens with zero attached hydrogens (tertiary/aromatic N) is 4. The Hall–Kier alpha value is -2.33. The molecule has 30 heavy (non-hydrogen) atoms. The van der Waals surface area contributed by atoms with E-state index in [1.54, 1.807) is 0 Å². The van der Waals surface area contributed by atoms with E-state index < -0.39 is 6.30 Å². The first kappa shape index (κ1) is 25.7. The van der Waals surface area contributed by atoms with E-state index in [2.05, 4.69) is 23.0 Å². The predicted molar refractivity (Wildman–Crippen MR) is 115 cm³/mol. The van der Waals surface area contributed by atoms with Crippen molar-refractivity contribution in [1.82, 2.24) is 14.7 Å². The highest BCUT2D eigenvalue weighted by Gasteiger charge is 2.32. The van der Waals surface area contributed by atoms with Crippen molar-refractivity contribution in [2.24, 2.45) is 5.41 Å². The van der Waals surface area contributed by atoms with Crippen LogP contribution in [0.1, 0.15) is 59.4 Å². The summed E-state index contributed by atoms with van der Waals surface area (Å²) in [6, 6.07) is 11.1. The predicted octanol–water partition coefficient (Wildman–Crippen LogP) is 6.59. The van der Waals surface area contributed by atoms with Crippen LogP contribution in [-0.2, 0) is 12.8 Å². The number of alkyl halides is 3. The Kier molecular flexibility index (Phi) is 10.1. The summed E-state index contributed by atoms with van der Waals surface area (Å²) in [6.45, 7) is 12.9. The smallest absolute Gasteiger partial charge is 0.299 e. The number of aromatic nitrogens is 2. The Morgan fingerprint density at radius 2 is 1.60 bits per heavy atom. The molecule has 1 saturated heterocycles. The lowest BCUT2D eigenvalue weighted by atomic mass is 9.78. The summed E-state index contributed by atoms with van der Waals surface area (Å²) >= 11 is 0. The van der Waals surface area contributed by atoms with Gasteiger partial charge < -0.3 is 0 Å². The molecule has 1 aliphatic heterocycles. The van der Waals surface area contributed by atoms with E-state index in [1.165, 1.54) is 6.07 Å². The van der Waals surface area contributed by atoms with Gasteiger partial charge in [-0.25, -0.2) is 0 Å². The highest BCUT2D eigenvalue weighted by atomic mass is 19.4. The maximum absolute atomic E-state index is 12.6. The first-order chi connectivity index (χ1) is 14.3. The summed E-state index contributed by atoms with van der Waals surface area (Å²) in [5.41, 5.74) is 2.20. The molecule has 1 fully saturated rings. The first-order valence-corrected chi connectivity index (χ1v) is 10.6. The van der Waals surface area contributed by atoms with E-state index in [0.717, 1.165) is 44.2 Å². The van der Waals surface area contributed by atoms with Crippen LogP contribution in [0.4, 0.5) is 13.2 Å². The van der Waals surface area contributed by atoms with Crippen molar-refractivity contribution in [2.75, 3.05) is 13.1 Å². The Morgan fingerprint density at radius 1 is 1.03 bits per heavy atom. The minimum atomic E-state index is -4.49. The number of hydrogen-bond acceptors (Lipinski definition) is 3. The summed E-state index contributed by atoms with van der Waals surface area (Å²) in [4.78, 5) is 2.35. The van der Waals surface area contributed by atoms with E-state index in [4.69, 9.17) is 5.26 Å². The summed E-state index contributed by atoms with van der Waals surface area (Å²) < 4.78 is 37.9. The van der Waals surface area contributed by atoms with Gasteiger partial charge in [0.1, 0.15) is 0 Å². The van der Waals surface area contributed by atoms with Gasteiger partial charge in [0, 0.05) is 24.7 Å². The minimum absolute atomic E-state index is 0.0161. The van der Waals surface area contributed by atoms with Crippen molar-refractivity contribution in [2.45, 2.75) is 66.7 Å². The number of halogens is 3. The second-order valence-electron chi connectivity index (χ2n) is 7.23. The maximum Gasteiger partial charge on any atom is 0.504 e. The van der Waals surface area contributed by atoms with Crippen molar-refractivity contribution in [3.63, 3.8) is 0 Å². The number of nitriles is 1. The van der Waals surface area contributed by atoms with Gasteiger partial charge in [-0.2, -0.15) is 15.0 Å². The average Bonchev–Trinajstić information content (AvgIpc) is 3.25. The molecular formula is C23H33F3N4. The number of piperidine rings is 1. The quantitative estimate of drug-likeness (QED) is 0.558. The summed E-state index contributed by atoms with van der Waals surface area (Å²) in [5, 5.41) is 12.5. The summed E-state index contributed by atoms with van der Waals surface area (Å²) in [6.07, 6.45) is -0.955. The number of benzene rings is 1. The topological polar surface area (TPSA) is 44.9 Å². The van der Waals surface area contributed by atoms with Crippen molar-refractivity contribution in [1.29, 1.82) is 5.26 Å². The van der Waals surface area contributed by atoms with Gasteiger partial charge in [0.25, 0.3) is 0 Å². The zero-order chi connectivity index (χ0) is 22.8. The van der Waals surface area contributed by atoms with Gasteiger partial charge >= 0.3 is 6.30 Å². The lowest BCUT2D eigenvalue weighted by Gasteiger charge is -2.38. The number of rotatable bonds is 4. The second-order valence-corrected chi connectivity index (χ2v) is 7.23. The largest absolute Gasteiger partial charge is 0.504 e. The van der Waals surface area contributed by atoms with Gasteiger partial charge in [0.2, 0.25) is 0 Å². The molecule has 166 valence electrons. The van der Waals surface area contributed by atoms with Crippen LogP contribution in [0.25, 0.3) is 11.3 Å². The summed E-state index contributed by atoms with van der Waals surface area (Å²) in [5.74, 6) is 0. The first-order valence-electron chi connectivity index (χ1n) is 10.6. The molecule has 7 heteroatoms. The van der Waals surface area contributed by atoms with Crippen LogP contribution in [0.5, 0.6) is 0 Å². The van der Waals surface area contributed by atoms with Gasteiger partial charge in [0.05, 0.1) is 11.8 Å². The van der Waals surface area contributed by atoms with Gasteiger partial charge in [-0.15, -0.1) is 13.2 Å². The molecule has 0 saturated carbocycles. The van der Waals surface area contributed by atoms with Crippen LogP contribution < -0.4 is 0 Å². The van der Waals surface area contributed by atoms with Crippen molar-refractivity contribution < 1.29 is 13.2 Å². The highest BCUT2D eigenvalue weighted by Crippen LogP contribution is 2.34. The Balaban J connectivity index is 0.00000106. The summed E-state index contributed by atoms with van der Waals surface area (Å²) in [7, 11) is 0. The molecule has 1 aliphatic rings. The van der Waals surface area contributed by atoms with Gasteiger partial charge in [-0.1, -0.05) is 58.9 Å². The van der Waals surface area contributed by atoms with E-state index in [0.29, 0.717) is 17.7 Å². The standard InChI is InChI=1S/C19H21F3N4.2C2H6/c1-18(7-10-23)8-12-25(13-9-18)14-15-2-4-16(5-3-15)17-6-11-26(24-17)19(20,21)22;2*1-2/h2-6,11H,7-9,12-14H2,1H3;2*1-2H3. The Bertz CT molecular complexity index is 780. The van der Waals surface area contributed by atoms with E-state index in [-0.39, 0.29) is 10.1 Å². The fourth-order valence-corrected chi connectivity index (χ4v) is 3.28. The maximum atomic E-state index is 12.6. The van der Waals surface area contributed by atoms with Crippen molar-refractivity contribution in [3.05, 3.63) is 42.1 Å². The molecule has 0 aliphatic carbocycles. The molecule has 0 amide bonds. The van der Waals surface area contributed by atoms with Gasteiger partial charge in [-0.3, -0.25) is 4.90 Å². The third kappa shape index (κ3) is 7.17. The molecule has 0 bridgehead atoms. The van der Waals surface area contributed by atoms with Crippen LogP contribution in [0.2, 0.25) is 0 Å². The monoisotopic (exact) mass is 422 g/mol. The average molecular weight is 423 g/mol. The zero-order valence-electron chi connectivity index (χ0n) is 18.6. The van der Waals surface area contributed by atoms with E-state index in [9.17, 15) is 13.2 Å². The molecule has 0 N–H and O–H groups in total. The molecule has 3 rings (SSSR count). The second kappa shape index (κ2) is 11.8. The van der Waals surface area contributed by atoms with Crippen LogP contribution in [0.3, 0.4) is 0 Å². The minimum Gasteiger partial charge on any atom is -0.299 e. The zero-order valence-corrected chi connectivity index (χ0v) is 18.6. The molecule has 0 atom stereocenters. The molecule has 0 spiro atoms. The molecular weight excluding hydrogens is 389 g/mol. The normalized spacial score (nSPS) is 15.8. The van der Waals surface area contributed by atoms with Crippen molar-refractivity contribution >= 4 is 0 Å². The molecule has 1 aromatic carbocycles. The van der Waals surface area contributed by atoms with E-state index in [1.807, 2.05) is 52.0 Å². The lowest BCUT2D eigenvalue weighted by molar-refractivity contribution is -0.212. The SMILES string of the molecule is CC.CC.CC1(CC#N)CCN(Cc2ccc(-c3ccn(C(F)(F)F)n3)cc2)CC1. The van der Waals surface area contributed by atoms with Gasteiger partial charge in [0.15, 0.2) is 0 Å². The molecule has 0 radical (unpaired) electrons. The Morgan fingerprint density at radius 3 is 2.07 bits per heavy atom. The molecule has 2 heterocycles. The van der Waals surface area contributed by atoms with Crippen LogP contribution in [-0.4, -0.2) is 27.8 Å².